The number of likely N-dealkylation sites (tertiary alicyclic amines) is 1. The zero-order valence-corrected chi connectivity index (χ0v) is 15.6. The van der Waals surface area contributed by atoms with Crippen LogP contribution in [0.5, 0.6) is 11.5 Å². The summed E-state index contributed by atoms with van der Waals surface area (Å²) in [4.78, 5) is 18.3. The maximum atomic E-state index is 12.9. The number of allylic oxidation sites excluding steroid dienone is 1. The van der Waals surface area contributed by atoms with Crippen molar-refractivity contribution in [2.75, 3.05) is 13.1 Å². The Morgan fingerprint density at radius 1 is 1.19 bits per heavy atom. The van der Waals surface area contributed by atoms with Crippen molar-refractivity contribution >= 4 is 11.9 Å². The van der Waals surface area contributed by atoms with Crippen molar-refractivity contribution in [1.29, 1.82) is 0 Å². The van der Waals surface area contributed by atoms with Crippen LogP contribution in [0.25, 0.3) is 6.08 Å². The summed E-state index contributed by atoms with van der Waals surface area (Å²) in [6.07, 6.45) is 9.95. The van der Waals surface area contributed by atoms with E-state index in [2.05, 4.69) is 4.98 Å². The van der Waals surface area contributed by atoms with Crippen molar-refractivity contribution in [3.05, 3.63) is 58.6 Å². The minimum Gasteiger partial charge on any atom is -0.872 e. The minimum atomic E-state index is -0.147. The molecule has 0 amide bonds. The summed E-state index contributed by atoms with van der Waals surface area (Å²) in [6.45, 7) is 4.56. The highest BCUT2D eigenvalue weighted by atomic mass is 16.5. The summed E-state index contributed by atoms with van der Waals surface area (Å²) in [6, 6.07) is 5.23. The molecule has 5 nitrogen and oxygen atoms in total. The van der Waals surface area contributed by atoms with E-state index in [1.807, 2.05) is 12.1 Å². The Labute approximate surface area is 159 Å². The summed E-state index contributed by atoms with van der Waals surface area (Å²) in [5, 5.41) is 12.7. The number of rotatable bonds is 3. The second-order valence-electron chi connectivity index (χ2n) is 7.44. The predicted molar refractivity (Wildman–Crippen MR) is 101 cm³/mol. The van der Waals surface area contributed by atoms with Crippen molar-refractivity contribution in [3.8, 4) is 11.5 Å². The van der Waals surface area contributed by atoms with E-state index in [0.717, 1.165) is 18.7 Å². The molecule has 1 aromatic carbocycles. The van der Waals surface area contributed by atoms with Gasteiger partial charge in [-0.05, 0) is 61.9 Å². The number of quaternary nitrogens is 1. The van der Waals surface area contributed by atoms with E-state index in [1.165, 1.54) is 30.6 Å². The number of benzene rings is 1. The van der Waals surface area contributed by atoms with Crippen LogP contribution in [-0.4, -0.2) is 23.9 Å². The van der Waals surface area contributed by atoms with E-state index < -0.39 is 0 Å². The first-order valence-corrected chi connectivity index (χ1v) is 9.65. The van der Waals surface area contributed by atoms with Gasteiger partial charge in [0, 0.05) is 18.0 Å². The molecule has 5 heteroatoms. The third-order valence-electron chi connectivity index (χ3n) is 5.44. The first-order chi connectivity index (χ1) is 13.1. The van der Waals surface area contributed by atoms with Crippen LogP contribution in [0.4, 0.5) is 0 Å². The van der Waals surface area contributed by atoms with E-state index in [0.29, 0.717) is 29.0 Å². The van der Waals surface area contributed by atoms with Crippen LogP contribution in [0, 0.1) is 6.92 Å². The second-order valence-corrected chi connectivity index (χ2v) is 7.44. The normalized spacial score (nSPS) is 19.0. The highest BCUT2D eigenvalue weighted by Crippen LogP contribution is 2.40. The molecule has 0 bridgehead atoms. The Morgan fingerprint density at radius 2 is 1.89 bits per heavy atom. The number of nitrogens with one attached hydrogen (secondary N) is 1. The fourth-order valence-electron chi connectivity index (χ4n) is 4.00. The van der Waals surface area contributed by atoms with E-state index in [9.17, 15) is 9.90 Å². The van der Waals surface area contributed by atoms with E-state index in [4.69, 9.17) is 4.74 Å². The fraction of sp³-hybridized carbons (Fsp3) is 0.364. The van der Waals surface area contributed by atoms with Gasteiger partial charge in [-0.3, -0.25) is 9.78 Å². The SMILES string of the molecule is Cc1cc([O-])c(C[NH+]2CCCCCC2)c2c1C(=O)C(=Cc1ccncc1)O2. The van der Waals surface area contributed by atoms with Gasteiger partial charge in [-0.15, -0.1) is 0 Å². The van der Waals surface area contributed by atoms with Crippen LogP contribution in [0.2, 0.25) is 0 Å². The number of hydrogen-bond donors (Lipinski definition) is 1. The molecule has 0 unspecified atom stereocenters. The highest BCUT2D eigenvalue weighted by Gasteiger charge is 2.33. The summed E-state index contributed by atoms with van der Waals surface area (Å²) < 4.78 is 5.97. The van der Waals surface area contributed by atoms with Gasteiger partial charge in [0.2, 0.25) is 5.78 Å². The summed E-state index contributed by atoms with van der Waals surface area (Å²) in [5.41, 5.74) is 2.71. The molecule has 0 aliphatic carbocycles. The molecule has 1 fully saturated rings. The maximum absolute atomic E-state index is 12.9. The van der Waals surface area contributed by atoms with Crippen LogP contribution in [0.1, 0.15) is 52.7 Å². The third-order valence-corrected chi connectivity index (χ3v) is 5.44. The Balaban J connectivity index is 1.69. The molecule has 0 atom stereocenters. The number of pyridine rings is 1. The average molecular weight is 364 g/mol. The molecule has 3 heterocycles. The molecule has 0 spiro atoms. The third kappa shape index (κ3) is 3.60. The van der Waals surface area contributed by atoms with Crippen LogP contribution < -0.4 is 14.7 Å². The molecule has 0 radical (unpaired) electrons. The number of Topliss-reactive ketones (excluding diaryl/α,β-unsaturated/α-hetero) is 1. The van der Waals surface area contributed by atoms with Gasteiger partial charge in [-0.2, -0.15) is 0 Å². The largest absolute Gasteiger partial charge is 0.872 e. The molecule has 2 aliphatic heterocycles. The summed E-state index contributed by atoms with van der Waals surface area (Å²) in [5.74, 6) is 0.575. The standard InChI is InChI=1S/C22H24N2O3/c1-15-12-18(25)17(14-24-10-4-2-3-5-11-24)22-20(15)21(26)19(27-22)13-16-6-8-23-9-7-16/h6-9,12-13,25H,2-5,10-11,14H2,1H3. The van der Waals surface area contributed by atoms with E-state index in [-0.39, 0.29) is 17.3 Å². The van der Waals surface area contributed by atoms with Crippen LogP contribution >= 0.6 is 0 Å². The number of nitrogens with zero attached hydrogens (tertiary/aromatic N) is 1. The number of carbonyl (C=O) groups is 1. The molecule has 2 aromatic rings. The van der Waals surface area contributed by atoms with Gasteiger partial charge in [0.15, 0.2) is 5.76 Å². The lowest BCUT2D eigenvalue weighted by molar-refractivity contribution is -0.913. The molecule has 27 heavy (non-hydrogen) atoms. The van der Waals surface area contributed by atoms with Gasteiger partial charge in [0.1, 0.15) is 12.3 Å². The van der Waals surface area contributed by atoms with Gasteiger partial charge >= 0.3 is 0 Å². The first kappa shape index (κ1) is 17.7. The van der Waals surface area contributed by atoms with Crippen LogP contribution in [0.15, 0.2) is 36.4 Å². The Kier molecular flexibility index (Phi) is 4.94. The van der Waals surface area contributed by atoms with E-state index in [1.54, 1.807) is 31.5 Å². The molecule has 2 aliphatic rings. The number of carbonyl (C=O) groups excluding carboxylic acids is 1. The molecule has 4 rings (SSSR count). The van der Waals surface area contributed by atoms with Gasteiger partial charge in [0.05, 0.1) is 18.7 Å². The topological polar surface area (TPSA) is 66.7 Å². The Morgan fingerprint density at radius 3 is 2.59 bits per heavy atom. The first-order valence-electron chi connectivity index (χ1n) is 9.65. The van der Waals surface area contributed by atoms with Gasteiger partial charge in [-0.25, -0.2) is 0 Å². The van der Waals surface area contributed by atoms with Crippen molar-refractivity contribution in [1.82, 2.24) is 4.98 Å². The number of ether oxygens (including phenoxy) is 1. The summed E-state index contributed by atoms with van der Waals surface area (Å²) in [7, 11) is 0. The lowest BCUT2D eigenvalue weighted by Crippen LogP contribution is -3.10. The molecular weight excluding hydrogens is 340 g/mol. The number of hydrogen-bond acceptors (Lipinski definition) is 4. The molecule has 1 saturated heterocycles. The van der Waals surface area contributed by atoms with Crippen molar-refractivity contribution in [3.63, 3.8) is 0 Å². The fourth-order valence-corrected chi connectivity index (χ4v) is 4.00. The monoisotopic (exact) mass is 364 g/mol. The van der Waals surface area contributed by atoms with E-state index >= 15 is 0 Å². The highest BCUT2D eigenvalue weighted by molar-refractivity contribution is 6.15. The Bertz CT molecular complexity index is 882. The average Bonchev–Trinajstić information content (AvgIpc) is 2.83. The van der Waals surface area contributed by atoms with Crippen LogP contribution in [0.3, 0.4) is 0 Å². The smallest absolute Gasteiger partial charge is 0.232 e. The second kappa shape index (κ2) is 7.53. The molecule has 1 N–H and O–H groups in total. The molecule has 0 saturated carbocycles. The molecule has 140 valence electrons. The number of fused-ring (bicyclic) bond motifs is 1. The lowest BCUT2D eigenvalue weighted by atomic mass is 9.99. The predicted octanol–water partition coefficient (Wildman–Crippen LogP) is 2.04. The van der Waals surface area contributed by atoms with Crippen LogP contribution in [-0.2, 0) is 6.54 Å². The van der Waals surface area contributed by atoms with Crippen molar-refractivity contribution < 1.29 is 19.5 Å². The zero-order chi connectivity index (χ0) is 18.8. The number of ketones is 1. The van der Waals surface area contributed by atoms with Crippen molar-refractivity contribution in [2.24, 2.45) is 0 Å². The Hall–Kier alpha value is -2.66. The maximum Gasteiger partial charge on any atom is 0.232 e. The van der Waals surface area contributed by atoms with Gasteiger partial charge in [0.25, 0.3) is 0 Å². The number of aromatic nitrogens is 1. The molecular formula is C22H24N2O3. The summed E-state index contributed by atoms with van der Waals surface area (Å²) >= 11 is 0. The van der Waals surface area contributed by atoms with Crippen molar-refractivity contribution in [2.45, 2.75) is 39.2 Å². The number of aryl methyl sites for hydroxylation is 1. The van der Waals surface area contributed by atoms with Gasteiger partial charge < -0.3 is 14.7 Å². The lowest BCUT2D eigenvalue weighted by Gasteiger charge is -2.23. The quantitative estimate of drug-likeness (QED) is 0.847. The van der Waals surface area contributed by atoms with Gasteiger partial charge in [-0.1, -0.05) is 11.8 Å². The minimum absolute atomic E-state index is 0.0269. The molecule has 1 aromatic heterocycles. The zero-order valence-electron chi connectivity index (χ0n) is 15.6.